The molecule has 1 aliphatic carbocycles. The van der Waals surface area contributed by atoms with Gasteiger partial charge in [-0.3, -0.25) is 0 Å². The van der Waals surface area contributed by atoms with E-state index in [-0.39, 0.29) is 6.61 Å². The first kappa shape index (κ1) is 14.3. The number of aliphatic hydroxyl groups is 1. The van der Waals surface area contributed by atoms with Gasteiger partial charge in [0, 0.05) is 38.9 Å². The summed E-state index contributed by atoms with van der Waals surface area (Å²) in [4.78, 5) is 2.37. The maximum Gasteiger partial charge on any atom is 0.0558 e. The number of rotatable bonds is 8. The van der Waals surface area contributed by atoms with Crippen molar-refractivity contribution in [3.63, 3.8) is 0 Å². The van der Waals surface area contributed by atoms with Crippen LogP contribution >= 0.6 is 0 Å². The summed E-state index contributed by atoms with van der Waals surface area (Å²) in [6.07, 6.45) is 4.99. The Bertz CT molecular complexity index is 238. The molecule has 4 heteroatoms. The van der Waals surface area contributed by atoms with Crippen molar-refractivity contribution in [2.75, 3.05) is 46.0 Å². The van der Waals surface area contributed by atoms with Crippen LogP contribution in [0.3, 0.4) is 0 Å². The minimum Gasteiger partial charge on any atom is -0.395 e. The summed E-state index contributed by atoms with van der Waals surface area (Å²) in [5, 5.41) is 12.8. The normalized spacial score (nSPS) is 23.5. The minimum atomic E-state index is 0.260. The summed E-state index contributed by atoms with van der Waals surface area (Å²) in [5.74, 6) is 0. The Balaban J connectivity index is 1.88. The smallest absolute Gasteiger partial charge is 0.0558 e. The monoisotopic (exact) mass is 256 g/mol. The van der Waals surface area contributed by atoms with Crippen molar-refractivity contribution in [2.24, 2.45) is 5.41 Å². The quantitative estimate of drug-likeness (QED) is 0.676. The van der Waals surface area contributed by atoms with Crippen molar-refractivity contribution in [1.82, 2.24) is 10.2 Å². The maximum absolute atomic E-state index is 9.13. The Morgan fingerprint density at radius 3 is 2.61 bits per heavy atom. The van der Waals surface area contributed by atoms with Gasteiger partial charge in [0.25, 0.3) is 0 Å². The summed E-state index contributed by atoms with van der Waals surface area (Å²) >= 11 is 0. The molecule has 18 heavy (non-hydrogen) atoms. The summed E-state index contributed by atoms with van der Waals surface area (Å²) < 4.78 is 5.53. The Labute approximate surface area is 111 Å². The van der Waals surface area contributed by atoms with E-state index in [0.717, 1.165) is 58.3 Å². The van der Waals surface area contributed by atoms with Crippen LogP contribution in [0, 0.1) is 5.41 Å². The lowest BCUT2D eigenvalue weighted by Gasteiger charge is -2.41. The molecule has 2 N–H and O–H groups in total. The van der Waals surface area contributed by atoms with E-state index in [0.29, 0.717) is 5.41 Å². The second-order valence-corrected chi connectivity index (χ2v) is 5.86. The molecule has 2 rings (SSSR count). The third-order valence-electron chi connectivity index (χ3n) is 4.32. The van der Waals surface area contributed by atoms with Crippen LogP contribution in [-0.2, 0) is 4.74 Å². The molecule has 2 fully saturated rings. The standard InChI is InChI=1S/C14H28N2O2/c1-2-16(7-8-17)12-14(5-9-18-10-6-14)11-15-13-3-4-13/h13,15,17H,2-12H2,1H3. The fourth-order valence-electron chi connectivity index (χ4n) is 2.81. The molecule has 0 unspecified atom stereocenters. The Morgan fingerprint density at radius 2 is 2.06 bits per heavy atom. The average molecular weight is 256 g/mol. The van der Waals surface area contributed by atoms with Crippen molar-refractivity contribution in [2.45, 2.75) is 38.6 Å². The van der Waals surface area contributed by atoms with Crippen LogP contribution in [0.1, 0.15) is 32.6 Å². The molecule has 1 aliphatic heterocycles. The first-order valence-corrected chi connectivity index (χ1v) is 7.42. The first-order valence-electron chi connectivity index (χ1n) is 7.42. The zero-order valence-corrected chi connectivity index (χ0v) is 11.7. The first-order chi connectivity index (χ1) is 8.78. The number of aliphatic hydroxyl groups excluding tert-OH is 1. The second-order valence-electron chi connectivity index (χ2n) is 5.86. The van der Waals surface area contributed by atoms with E-state index in [9.17, 15) is 0 Å². The fourth-order valence-corrected chi connectivity index (χ4v) is 2.81. The molecule has 0 bridgehead atoms. The lowest BCUT2D eigenvalue weighted by atomic mass is 9.79. The molecule has 4 nitrogen and oxygen atoms in total. The van der Waals surface area contributed by atoms with Gasteiger partial charge in [-0.05, 0) is 37.6 Å². The van der Waals surface area contributed by atoms with Crippen LogP contribution in [0.4, 0.5) is 0 Å². The molecule has 0 aromatic rings. The van der Waals surface area contributed by atoms with Crippen LogP contribution in [0.15, 0.2) is 0 Å². The van der Waals surface area contributed by atoms with Crippen molar-refractivity contribution >= 4 is 0 Å². The van der Waals surface area contributed by atoms with E-state index in [4.69, 9.17) is 9.84 Å². The number of nitrogens with zero attached hydrogens (tertiary/aromatic N) is 1. The van der Waals surface area contributed by atoms with Gasteiger partial charge in [0.15, 0.2) is 0 Å². The van der Waals surface area contributed by atoms with E-state index >= 15 is 0 Å². The highest BCUT2D eigenvalue weighted by Gasteiger charge is 2.35. The van der Waals surface area contributed by atoms with Crippen LogP contribution < -0.4 is 5.32 Å². The summed E-state index contributed by atoms with van der Waals surface area (Å²) in [6, 6.07) is 0.776. The third-order valence-corrected chi connectivity index (χ3v) is 4.32. The van der Waals surface area contributed by atoms with Gasteiger partial charge >= 0.3 is 0 Å². The molecule has 0 aromatic heterocycles. The van der Waals surface area contributed by atoms with Crippen LogP contribution in [0.25, 0.3) is 0 Å². The predicted molar refractivity (Wildman–Crippen MR) is 72.7 cm³/mol. The largest absolute Gasteiger partial charge is 0.395 e. The lowest BCUT2D eigenvalue weighted by molar-refractivity contribution is -0.00582. The topological polar surface area (TPSA) is 44.7 Å². The average Bonchev–Trinajstić information content (AvgIpc) is 3.21. The number of nitrogens with one attached hydrogen (secondary N) is 1. The lowest BCUT2D eigenvalue weighted by Crippen LogP contribution is -2.48. The molecular weight excluding hydrogens is 228 g/mol. The third kappa shape index (κ3) is 4.19. The van der Waals surface area contributed by atoms with E-state index in [1.807, 2.05) is 0 Å². The second kappa shape index (κ2) is 6.85. The molecule has 0 radical (unpaired) electrons. The number of hydrogen-bond donors (Lipinski definition) is 2. The van der Waals surface area contributed by atoms with E-state index in [2.05, 4.69) is 17.1 Å². The van der Waals surface area contributed by atoms with Crippen LogP contribution in [0.2, 0.25) is 0 Å². The van der Waals surface area contributed by atoms with Crippen LogP contribution in [0.5, 0.6) is 0 Å². The van der Waals surface area contributed by atoms with Gasteiger partial charge in [-0.2, -0.15) is 0 Å². The highest BCUT2D eigenvalue weighted by Crippen LogP contribution is 2.32. The van der Waals surface area contributed by atoms with Gasteiger partial charge in [0.05, 0.1) is 6.61 Å². The van der Waals surface area contributed by atoms with Crippen molar-refractivity contribution in [3.8, 4) is 0 Å². The number of likely N-dealkylation sites (N-methyl/N-ethyl adjacent to an activating group) is 1. The zero-order valence-electron chi connectivity index (χ0n) is 11.7. The fraction of sp³-hybridized carbons (Fsp3) is 1.00. The molecule has 2 aliphatic rings. The number of hydrogen-bond acceptors (Lipinski definition) is 4. The van der Waals surface area contributed by atoms with Gasteiger partial charge in [0.2, 0.25) is 0 Å². The molecule has 0 atom stereocenters. The van der Waals surface area contributed by atoms with Gasteiger partial charge < -0.3 is 20.1 Å². The SMILES string of the molecule is CCN(CCO)CC1(CNC2CC2)CCOCC1. The highest BCUT2D eigenvalue weighted by atomic mass is 16.5. The summed E-state index contributed by atoms with van der Waals surface area (Å²) in [6.45, 7) is 8.24. The van der Waals surface area contributed by atoms with Gasteiger partial charge in [-0.25, -0.2) is 0 Å². The molecule has 1 saturated heterocycles. The molecule has 1 heterocycles. The highest BCUT2D eigenvalue weighted by molar-refractivity contribution is 4.91. The van der Waals surface area contributed by atoms with Gasteiger partial charge in [0.1, 0.15) is 0 Å². The summed E-state index contributed by atoms with van der Waals surface area (Å²) in [7, 11) is 0. The van der Waals surface area contributed by atoms with E-state index in [1.165, 1.54) is 12.8 Å². The Kier molecular flexibility index (Phi) is 5.42. The van der Waals surface area contributed by atoms with Crippen molar-refractivity contribution in [1.29, 1.82) is 0 Å². The molecule has 0 aromatic carbocycles. The Hall–Kier alpha value is -0.160. The number of ether oxygens (including phenoxy) is 1. The molecule has 106 valence electrons. The predicted octanol–water partition coefficient (Wildman–Crippen LogP) is 0.849. The Morgan fingerprint density at radius 1 is 1.33 bits per heavy atom. The van der Waals surface area contributed by atoms with Gasteiger partial charge in [-0.15, -0.1) is 0 Å². The maximum atomic E-state index is 9.13. The van der Waals surface area contributed by atoms with Gasteiger partial charge in [-0.1, -0.05) is 6.92 Å². The molecule has 0 amide bonds. The molecular formula is C14H28N2O2. The minimum absolute atomic E-state index is 0.260. The summed E-state index contributed by atoms with van der Waals surface area (Å²) in [5.41, 5.74) is 0.353. The zero-order chi connectivity index (χ0) is 12.8. The molecule has 1 saturated carbocycles. The van der Waals surface area contributed by atoms with E-state index in [1.54, 1.807) is 0 Å². The van der Waals surface area contributed by atoms with E-state index < -0.39 is 0 Å². The molecule has 0 spiro atoms. The van der Waals surface area contributed by atoms with Crippen molar-refractivity contribution < 1.29 is 9.84 Å². The van der Waals surface area contributed by atoms with Crippen LogP contribution in [-0.4, -0.2) is 62.0 Å². The van der Waals surface area contributed by atoms with Crippen molar-refractivity contribution in [3.05, 3.63) is 0 Å².